The van der Waals surface area contributed by atoms with Crippen molar-refractivity contribution >= 4 is 0 Å². The molecule has 0 unspecified atom stereocenters. The van der Waals surface area contributed by atoms with Gasteiger partial charge in [0, 0.05) is 0 Å². The van der Waals surface area contributed by atoms with Crippen molar-refractivity contribution in [3.8, 4) is 0 Å². The molecular formula is C53H90O24. The van der Waals surface area contributed by atoms with Crippen LogP contribution in [-0.2, 0) is 42.8 Å². The molecule has 4 heterocycles. The Morgan fingerprint density at radius 2 is 1.06 bits per heavy atom. The fraction of sp³-hybridized carbons (Fsp3) is 0.962. The molecule has 0 amide bonds. The quantitative estimate of drug-likeness (QED) is 0.0321. The van der Waals surface area contributed by atoms with E-state index < -0.39 is 177 Å². The van der Waals surface area contributed by atoms with Crippen LogP contribution >= 0.6 is 0 Å². The first kappa shape index (κ1) is 61.8. The topological polar surface area (TPSA) is 387 Å². The fourth-order valence-electron chi connectivity index (χ4n) is 16.0. The predicted octanol–water partition coefficient (Wildman–Crippen LogP) is -2.10. The first-order valence-electron chi connectivity index (χ1n) is 27.5. The third kappa shape index (κ3) is 10.9. The second kappa shape index (κ2) is 23.1. The molecule has 8 aliphatic rings. The molecule has 8 fully saturated rings. The van der Waals surface area contributed by atoms with Crippen LogP contribution in [0.1, 0.15) is 107 Å². The Morgan fingerprint density at radius 1 is 0.545 bits per heavy atom. The summed E-state index contributed by atoms with van der Waals surface area (Å²) in [5.41, 5.74) is -4.10. The maximum absolute atomic E-state index is 12.8. The smallest absolute Gasteiger partial charge is 0.187 e. The second-order valence-corrected chi connectivity index (χ2v) is 25.7. The summed E-state index contributed by atoms with van der Waals surface area (Å²) >= 11 is 0. The number of aliphatic hydroxyl groups is 14. The number of ether oxygens (including phenoxy) is 8. The largest absolute Gasteiger partial charge is 0.394 e. The molecule has 15 N–H and O–H groups in total. The van der Waals surface area contributed by atoms with Crippen molar-refractivity contribution in [1.82, 2.24) is 0 Å². The van der Waals surface area contributed by atoms with Gasteiger partial charge in [0.2, 0.25) is 0 Å². The lowest BCUT2D eigenvalue weighted by atomic mass is 9.35. The van der Waals surface area contributed by atoms with Crippen molar-refractivity contribution in [2.75, 3.05) is 26.4 Å². The van der Waals surface area contributed by atoms with Crippen molar-refractivity contribution < 1.29 is 120 Å². The summed E-state index contributed by atoms with van der Waals surface area (Å²) in [4.78, 5) is 4.70. The normalized spacial score (nSPS) is 52.0. The molecule has 8 rings (SSSR count). The van der Waals surface area contributed by atoms with Crippen LogP contribution in [0.2, 0.25) is 0 Å². The Labute approximate surface area is 449 Å². The molecule has 77 heavy (non-hydrogen) atoms. The van der Waals surface area contributed by atoms with E-state index in [9.17, 15) is 76.7 Å². The van der Waals surface area contributed by atoms with Crippen LogP contribution in [0.25, 0.3) is 0 Å². The summed E-state index contributed by atoms with van der Waals surface area (Å²) in [5.74, 6) is -0.727. The highest BCUT2D eigenvalue weighted by Crippen LogP contribution is 2.76. The molecule has 24 nitrogen and oxygen atoms in total. The van der Waals surface area contributed by atoms with Crippen LogP contribution in [-0.4, -0.2) is 243 Å². The molecule has 4 saturated heterocycles. The summed E-state index contributed by atoms with van der Waals surface area (Å²) in [5, 5.41) is 161. The van der Waals surface area contributed by atoms with E-state index >= 15 is 0 Å². The van der Waals surface area contributed by atoms with Crippen molar-refractivity contribution in [3.05, 3.63) is 12.2 Å². The molecule has 0 aromatic rings. The van der Waals surface area contributed by atoms with Crippen molar-refractivity contribution in [1.29, 1.82) is 0 Å². The average molecular weight is 1110 g/mol. The molecule has 0 radical (unpaired) electrons. The Morgan fingerprint density at radius 3 is 1.68 bits per heavy atom. The Hall–Kier alpha value is -1.22. The number of fused-ring (bicyclic) bond motifs is 5. The monoisotopic (exact) mass is 1110 g/mol. The molecule has 0 aromatic heterocycles. The van der Waals surface area contributed by atoms with Gasteiger partial charge in [0.25, 0.3) is 0 Å². The van der Waals surface area contributed by atoms with E-state index in [0.717, 1.165) is 12.8 Å². The summed E-state index contributed by atoms with van der Waals surface area (Å²) < 4.78 is 48.7. The summed E-state index contributed by atoms with van der Waals surface area (Å²) in [6, 6.07) is 0. The molecule has 4 aliphatic heterocycles. The molecular weight excluding hydrogens is 1020 g/mol. The Balaban J connectivity index is 1.03. The third-order valence-electron chi connectivity index (χ3n) is 20.6. The zero-order valence-corrected chi connectivity index (χ0v) is 45.5. The zero-order chi connectivity index (χ0) is 56.7. The van der Waals surface area contributed by atoms with Crippen LogP contribution in [0.3, 0.4) is 0 Å². The van der Waals surface area contributed by atoms with Crippen LogP contribution in [0.5, 0.6) is 0 Å². The highest BCUT2D eigenvalue weighted by molar-refractivity contribution is 5.21. The van der Waals surface area contributed by atoms with Gasteiger partial charge in [-0.05, 0) is 117 Å². The SMILES string of the molecule is CC(C)(/C=C/C[C@](C)(O[C@@H]1O[C@H](CO[C@@H]2O[C@H](CO)[C@@H](O)[C@H]2O)[C@@H](O)[C@H](O)[C@H]1O)[C@H]1CC[C@]2(C)[C@@H]1[C@H](O)C[C@@H]1[C@@]3(C)CC[C@H](O[C@@H]4O[C@H](CO)[C@@H](O)[C@H](O)[C@H]4O[C@@H]4O[C@H](CO)[C@@H](O)[C@H](O)[C@H]4O)C(C)(C)[C@@H]3CC[C@]12C)OO. The van der Waals surface area contributed by atoms with E-state index in [2.05, 4.69) is 34.6 Å². The van der Waals surface area contributed by atoms with Gasteiger partial charge in [0.1, 0.15) is 97.2 Å². The van der Waals surface area contributed by atoms with Gasteiger partial charge < -0.3 is 109 Å². The second-order valence-electron chi connectivity index (χ2n) is 25.7. The number of rotatable bonds is 17. The number of aliphatic hydroxyl groups excluding tert-OH is 14. The first-order chi connectivity index (χ1) is 36.0. The van der Waals surface area contributed by atoms with Gasteiger partial charge >= 0.3 is 0 Å². The average Bonchev–Trinajstić information content (AvgIpc) is 4.10. The molecule has 0 bridgehead atoms. The van der Waals surface area contributed by atoms with E-state index in [-0.39, 0.29) is 40.9 Å². The van der Waals surface area contributed by atoms with E-state index in [0.29, 0.717) is 32.1 Å². The lowest BCUT2D eigenvalue weighted by Crippen LogP contribution is -2.68. The third-order valence-corrected chi connectivity index (χ3v) is 20.6. The minimum atomic E-state index is -1.83. The highest BCUT2D eigenvalue weighted by atomic mass is 17.1. The maximum Gasteiger partial charge on any atom is 0.187 e. The summed E-state index contributed by atoms with van der Waals surface area (Å²) in [6.45, 7) is 13.8. The van der Waals surface area contributed by atoms with Crippen molar-refractivity contribution in [2.24, 2.45) is 45.3 Å². The van der Waals surface area contributed by atoms with Gasteiger partial charge in [-0.3, -0.25) is 5.26 Å². The van der Waals surface area contributed by atoms with Gasteiger partial charge in [0.05, 0.1) is 44.2 Å². The highest BCUT2D eigenvalue weighted by Gasteiger charge is 2.72. The molecule has 29 atom stereocenters. The van der Waals surface area contributed by atoms with Crippen LogP contribution < -0.4 is 0 Å². The van der Waals surface area contributed by atoms with E-state index in [1.807, 2.05) is 6.92 Å². The standard InChI is InChI=1S/C53H90O24/c1-48(2,77-68)13-9-14-53(8,76-46-42(67)38(63)36(61)28(73-46)22-69-44-40(65)35(60)27(21-56)70-44)23-10-16-52(7)32(23)24(57)18-30-50(5)15-12-31(49(3,4)29(50)11-17-51(30,52)6)74-47-43(39(64)34(59)26(20-55)72-47)75-45-41(66)37(62)33(58)25(19-54)71-45/h9,13,23-47,54-68H,10-12,14-22H2,1-8H3/b13-9+/t23-,24+,25+,26+,27+,28+,29-,30+,31-,32-,33+,34+,35+,36+,37-,38-,39-,40+,41+,42+,43+,44+,45-,46-,47-,50-,51+,52+,53-/m0/s1. The lowest BCUT2D eigenvalue weighted by Gasteiger charge is -2.71. The molecule has 24 heteroatoms. The van der Waals surface area contributed by atoms with Gasteiger partial charge in [0.15, 0.2) is 25.2 Å². The Bertz CT molecular complexity index is 2000. The van der Waals surface area contributed by atoms with Crippen molar-refractivity contribution in [2.45, 2.75) is 247 Å². The van der Waals surface area contributed by atoms with Crippen LogP contribution in [0, 0.1) is 45.3 Å². The minimum absolute atomic E-state index is 0.000450. The number of hydrogen-bond donors (Lipinski definition) is 15. The molecule has 4 saturated carbocycles. The van der Waals surface area contributed by atoms with E-state index in [4.69, 9.17) is 42.8 Å². The van der Waals surface area contributed by atoms with Gasteiger partial charge in [-0.25, -0.2) is 4.89 Å². The summed E-state index contributed by atoms with van der Waals surface area (Å²) in [6.07, 6.45) is -22.9. The first-order valence-corrected chi connectivity index (χ1v) is 27.5. The zero-order valence-electron chi connectivity index (χ0n) is 45.5. The van der Waals surface area contributed by atoms with Gasteiger partial charge in [-0.2, -0.15) is 0 Å². The molecule has 0 aromatic carbocycles. The van der Waals surface area contributed by atoms with Gasteiger partial charge in [-0.15, -0.1) is 0 Å². The number of hydrogen-bond acceptors (Lipinski definition) is 24. The molecule has 446 valence electrons. The minimum Gasteiger partial charge on any atom is -0.394 e. The predicted molar refractivity (Wildman–Crippen MR) is 263 cm³/mol. The maximum atomic E-state index is 12.8. The Kier molecular flexibility index (Phi) is 18.5. The van der Waals surface area contributed by atoms with Crippen molar-refractivity contribution in [3.63, 3.8) is 0 Å². The van der Waals surface area contributed by atoms with Crippen LogP contribution in [0.4, 0.5) is 0 Å². The van der Waals surface area contributed by atoms with E-state index in [1.165, 1.54) is 0 Å². The molecule has 4 aliphatic carbocycles. The van der Waals surface area contributed by atoms with E-state index in [1.54, 1.807) is 26.0 Å². The lowest BCUT2D eigenvalue weighted by molar-refractivity contribution is -0.378. The van der Waals surface area contributed by atoms with Gasteiger partial charge in [-0.1, -0.05) is 46.8 Å². The summed E-state index contributed by atoms with van der Waals surface area (Å²) in [7, 11) is 0. The van der Waals surface area contributed by atoms with Crippen LogP contribution in [0.15, 0.2) is 12.2 Å². The fourth-order valence-corrected chi connectivity index (χ4v) is 16.0. The molecule has 0 spiro atoms.